The van der Waals surface area contributed by atoms with E-state index in [4.69, 9.17) is 21.3 Å². The van der Waals surface area contributed by atoms with Crippen LogP contribution in [0.2, 0.25) is 5.02 Å². The number of hydrogen-bond acceptors (Lipinski definition) is 4. The Morgan fingerprint density at radius 1 is 1.04 bits per heavy atom. The smallest absolute Gasteiger partial charge is 0.127 e. The Bertz CT molecular complexity index is 916. The van der Waals surface area contributed by atoms with Gasteiger partial charge in [0.1, 0.15) is 18.2 Å². The highest BCUT2D eigenvalue weighted by atomic mass is 35.5. The normalized spacial score (nSPS) is 17.1. The largest absolute Gasteiger partial charge is 0.492 e. The Kier molecular flexibility index (Phi) is 5.85. The number of benzene rings is 2. The van der Waals surface area contributed by atoms with E-state index < -0.39 is 0 Å². The van der Waals surface area contributed by atoms with Crippen molar-refractivity contribution in [1.29, 1.82) is 0 Å². The molecule has 2 heterocycles. The number of imidazole rings is 1. The van der Waals surface area contributed by atoms with E-state index in [0.717, 1.165) is 60.4 Å². The van der Waals surface area contributed by atoms with E-state index >= 15 is 0 Å². The van der Waals surface area contributed by atoms with E-state index in [9.17, 15) is 0 Å². The first-order valence-electron chi connectivity index (χ1n) is 9.88. The quantitative estimate of drug-likeness (QED) is 0.626. The van der Waals surface area contributed by atoms with Crippen molar-refractivity contribution in [2.75, 3.05) is 39.8 Å². The van der Waals surface area contributed by atoms with E-state index in [-0.39, 0.29) is 6.04 Å². The molecule has 1 aliphatic heterocycles. The zero-order chi connectivity index (χ0) is 19.5. The number of fused-ring (bicyclic) bond motifs is 1. The summed E-state index contributed by atoms with van der Waals surface area (Å²) in [6, 6.07) is 16.1. The Labute approximate surface area is 171 Å². The highest BCUT2D eigenvalue weighted by Gasteiger charge is 2.25. The highest BCUT2D eigenvalue weighted by Crippen LogP contribution is 2.26. The van der Waals surface area contributed by atoms with Gasteiger partial charge in [-0.05, 0) is 50.4 Å². The van der Waals surface area contributed by atoms with Gasteiger partial charge in [-0.15, -0.1) is 0 Å². The molecule has 1 unspecified atom stereocenters. The zero-order valence-corrected chi connectivity index (χ0v) is 17.3. The first-order valence-corrected chi connectivity index (χ1v) is 10.3. The summed E-state index contributed by atoms with van der Waals surface area (Å²) in [5.74, 6) is 1.95. The molecule has 2 aromatic carbocycles. The molecule has 0 saturated carbocycles. The fraction of sp³-hybridized carbons (Fsp3) is 0.409. The molecule has 0 spiro atoms. The van der Waals surface area contributed by atoms with Gasteiger partial charge in [0.05, 0.1) is 23.6 Å². The topological polar surface area (TPSA) is 33.5 Å². The maximum absolute atomic E-state index is 5.96. The standard InChI is InChI=1S/C22H27ClN4O/c1-17(26-13-11-25(2)12-14-26)22-24-20-5-3-4-6-21(20)27(22)15-16-28-19-9-7-18(23)8-10-19/h3-10,17H,11-16H2,1-2H3. The van der Waals surface area contributed by atoms with Gasteiger partial charge >= 0.3 is 0 Å². The van der Waals surface area contributed by atoms with Gasteiger partial charge in [0, 0.05) is 31.2 Å². The minimum atomic E-state index is 0.275. The molecule has 6 heteroatoms. The summed E-state index contributed by atoms with van der Waals surface area (Å²) >= 11 is 5.96. The fourth-order valence-electron chi connectivity index (χ4n) is 3.81. The summed E-state index contributed by atoms with van der Waals surface area (Å²) < 4.78 is 8.26. The molecule has 1 aromatic heterocycles. The average molecular weight is 399 g/mol. The maximum atomic E-state index is 5.96. The van der Waals surface area contributed by atoms with Crippen LogP contribution in [-0.2, 0) is 6.54 Å². The zero-order valence-electron chi connectivity index (χ0n) is 16.5. The number of piperazine rings is 1. The van der Waals surface area contributed by atoms with Crippen LogP contribution in [0, 0.1) is 0 Å². The van der Waals surface area contributed by atoms with Crippen molar-refractivity contribution >= 4 is 22.6 Å². The second-order valence-electron chi connectivity index (χ2n) is 7.43. The molecule has 1 atom stereocenters. The van der Waals surface area contributed by atoms with Crippen molar-refractivity contribution in [2.45, 2.75) is 19.5 Å². The molecule has 5 nitrogen and oxygen atoms in total. The van der Waals surface area contributed by atoms with Crippen molar-refractivity contribution in [3.8, 4) is 5.75 Å². The summed E-state index contributed by atoms with van der Waals surface area (Å²) in [7, 11) is 2.19. The van der Waals surface area contributed by atoms with Crippen molar-refractivity contribution in [3.63, 3.8) is 0 Å². The average Bonchev–Trinajstić information content (AvgIpc) is 3.08. The lowest BCUT2D eigenvalue weighted by molar-refractivity contribution is 0.113. The Hall–Kier alpha value is -2.08. The number of halogens is 1. The third-order valence-electron chi connectivity index (χ3n) is 5.54. The monoisotopic (exact) mass is 398 g/mol. The molecule has 0 N–H and O–H groups in total. The molecule has 0 amide bonds. The van der Waals surface area contributed by atoms with Crippen molar-refractivity contribution < 1.29 is 4.74 Å². The van der Waals surface area contributed by atoms with E-state index in [0.29, 0.717) is 6.61 Å². The third kappa shape index (κ3) is 4.17. The van der Waals surface area contributed by atoms with E-state index in [1.807, 2.05) is 30.3 Å². The van der Waals surface area contributed by atoms with E-state index in [1.54, 1.807) is 0 Å². The molecule has 1 saturated heterocycles. The summed E-state index contributed by atoms with van der Waals surface area (Å²) in [6.07, 6.45) is 0. The van der Waals surface area contributed by atoms with Crippen molar-refractivity contribution in [2.24, 2.45) is 0 Å². The fourth-order valence-corrected chi connectivity index (χ4v) is 3.93. The van der Waals surface area contributed by atoms with Crippen molar-refractivity contribution in [3.05, 3.63) is 59.4 Å². The highest BCUT2D eigenvalue weighted by molar-refractivity contribution is 6.30. The number of hydrogen-bond donors (Lipinski definition) is 0. The summed E-state index contributed by atoms with van der Waals surface area (Å²) in [6.45, 7) is 7.96. The lowest BCUT2D eigenvalue weighted by Crippen LogP contribution is -2.45. The molecule has 0 aliphatic carbocycles. The number of nitrogens with zero attached hydrogens (tertiary/aromatic N) is 4. The summed E-state index contributed by atoms with van der Waals surface area (Å²) in [5.41, 5.74) is 2.21. The number of likely N-dealkylation sites (N-methyl/N-ethyl adjacent to an activating group) is 1. The van der Waals surface area contributed by atoms with Gasteiger partial charge in [-0.3, -0.25) is 4.90 Å². The van der Waals surface area contributed by atoms with Gasteiger partial charge in [0.15, 0.2) is 0 Å². The van der Waals surface area contributed by atoms with Crippen LogP contribution in [-0.4, -0.2) is 59.2 Å². The molecule has 3 aromatic rings. The third-order valence-corrected chi connectivity index (χ3v) is 5.79. The van der Waals surface area contributed by atoms with Gasteiger partial charge in [-0.25, -0.2) is 4.98 Å². The van der Waals surface area contributed by atoms with Crippen LogP contribution < -0.4 is 4.74 Å². The number of para-hydroxylation sites is 2. The maximum Gasteiger partial charge on any atom is 0.127 e. The molecule has 1 fully saturated rings. The van der Waals surface area contributed by atoms with E-state index in [2.05, 4.69) is 46.5 Å². The van der Waals surface area contributed by atoms with Crippen molar-refractivity contribution in [1.82, 2.24) is 19.4 Å². The lowest BCUT2D eigenvalue weighted by Gasteiger charge is -2.36. The second kappa shape index (κ2) is 8.52. The summed E-state index contributed by atoms with van der Waals surface area (Å²) in [4.78, 5) is 9.89. The molecular weight excluding hydrogens is 372 g/mol. The van der Waals surface area contributed by atoms with Crippen LogP contribution in [0.1, 0.15) is 18.8 Å². The Morgan fingerprint density at radius 2 is 1.75 bits per heavy atom. The van der Waals surface area contributed by atoms with Crippen LogP contribution in [0.4, 0.5) is 0 Å². The van der Waals surface area contributed by atoms with Gasteiger partial charge in [0.2, 0.25) is 0 Å². The predicted octanol–water partition coefficient (Wildman–Crippen LogP) is 4.08. The number of rotatable bonds is 6. The molecule has 4 rings (SSSR count). The first-order chi connectivity index (χ1) is 13.6. The first kappa shape index (κ1) is 19.2. The van der Waals surface area contributed by atoms with Gasteiger partial charge in [-0.1, -0.05) is 23.7 Å². The Morgan fingerprint density at radius 3 is 2.50 bits per heavy atom. The summed E-state index contributed by atoms with van der Waals surface area (Å²) in [5, 5.41) is 0.719. The number of ether oxygens (including phenoxy) is 1. The second-order valence-corrected chi connectivity index (χ2v) is 7.86. The van der Waals surface area contributed by atoms with Gasteiger partial charge in [0.25, 0.3) is 0 Å². The van der Waals surface area contributed by atoms with Crippen LogP contribution >= 0.6 is 11.6 Å². The van der Waals surface area contributed by atoms with Crippen LogP contribution in [0.15, 0.2) is 48.5 Å². The molecule has 0 bridgehead atoms. The molecular formula is C22H27ClN4O. The lowest BCUT2D eigenvalue weighted by atomic mass is 10.2. The SMILES string of the molecule is CC(c1nc2ccccc2n1CCOc1ccc(Cl)cc1)N1CCN(C)CC1. The Balaban J connectivity index is 1.53. The van der Waals surface area contributed by atoms with E-state index in [1.165, 1.54) is 0 Å². The van der Waals surface area contributed by atoms with Crippen LogP contribution in [0.5, 0.6) is 5.75 Å². The number of aromatic nitrogens is 2. The van der Waals surface area contributed by atoms with Gasteiger partial charge in [-0.2, -0.15) is 0 Å². The minimum Gasteiger partial charge on any atom is -0.492 e. The molecule has 28 heavy (non-hydrogen) atoms. The molecule has 148 valence electrons. The molecule has 0 radical (unpaired) electrons. The van der Waals surface area contributed by atoms with Gasteiger partial charge < -0.3 is 14.2 Å². The molecule has 1 aliphatic rings. The minimum absolute atomic E-state index is 0.275. The van der Waals surface area contributed by atoms with Crippen LogP contribution in [0.3, 0.4) is 0 Å². The van der Waals surface area contributed by atoms with Crippen LogP contribution in [0.25, 0.3) is 11.0 Å². The predicted molar refractivity (Wildman–Crippen MR) is 114 cm³/mol.